The van der Waals surface area contributed by atoms with E-state index < -0.39 is 53.8 Å². The van der Waals surface area contributed by atoms with Crippen molar-refractivity contribution in [3.8, 4) is 0 Å². The zero-order valence-corrected chi connectivity index (χ0v) is 20.6. The fourth-order valence-electron chi connectivity index (χ4n) is 6.10. The average molecular weight is 537 g/mol. The zero-order chi connectivity index (χ0) is 26.4. The number of nitrogens with zero attached hydrogens (tertiary/aromatic N) is 1. The number of hydrogen-bond donors (Lipinski definition) is 4. The molecule has 0 bridgehead atoms. The molecule has 5 atom stereocenters. The fraction of sp³-hybridized carbons (Fsp3) is 0.520. The standard InChI is InChI=1S/C25H27ClF2N4O5/c26-20-14-7-18(30-21(14)16(28)8-15(20)27)25(37)32-9-12-2-1-3-13(12)22(32)24(36)31-17(19(34)10-33)6-11-4-5-29-23(11)35/h7-8,11-13,17,22,30,33H,1-6,9-10H2,(H,29,35)(H,31,36)/t11-,12-,13-,17?,22-/m0/s1. The Kier molecular flexibility index (Phi) is 6.93. The van der Waals surface area contributed by atoms with Gasteiger partial charge in [-0.2, -0.15) is 0 Å². The van der Waals surface area contributed by atoms with Gasteiger partial charge in [-0.05, 0) is 43.6 Å². The SMILES string of the molecule is O=C(CO)C(C[C@@H]1CCNC1=O)NC(=O)[C@@H]1[C@H]2CCC[C@H]2CN1C(=O)c1cc2c(Cl)c(F)cc(F)c2[nH]1. The Bertz CT molecular complexity index is 1280. The van der Waals surface area contributed by atoms with E-state index in [9.17, 15) is 33.1 Å². The third-order valence-corrected chi connectivity index (χ3v) is 8.33. The molecule has 2 aliphatic heterocycles. The number of halogens is 3. The Balaban J connectivity index is 1.41. The fourth-order valence-corrected chi connectivity index (χ4v) is 6.31. The molecule has 4 N–H and O–H groups in total. The minimum absolute atomic E-state index is 0.0198. The second kappa shape index (κ2) is 10.0. The van der Waals surface area contributed by atoms with Gasteiger partial charge in [0.05, 0.1) is 16.6 Å². The number of rotatable bonds is 7. The molecule has 2 saturated heterocycles. The summed E-state index contributed by atoms with van der Waals surface area (Å²) in [7, 11) is 0. The summed E-state index contributed by atoms with van der Waals surface area (Å²) < 4.78 is 28.2. The van der Waals surface area contributed by atoms with Crippen LogP contribution in [0.2, 0.25) is 5.02 Å². The summed E-state index contributed by atoms with van der Waals surface area (Å²) in [6, 6.07) is -0.0662. The van der Waals surface area contributed by atoms with Gasteiger partial charge in [0, 0.05) is 30.5 Å². The van der Waals surface area contributed by atoms with Crippen LogP contribution >= 0.6 is 11.6 Å². The molecule has 1 saturated carbocycles. The number of carbonyl (C=O) groups is 4. The highest BCUT2D eigenvalue weighted by Gasteiger charge is 2.50. The number of H-pyrrole nitrogens is 1. The maximum absolute atomic E-state index is 14.3. The van der Waals surface area contributed by atoms with Crippen molar-refractivity contribution < 1.29 is 33.1 Å². The van der Waals surface area contributed by atoms with E-state index in [0.717, 1.165) is 12.8 Å². The lowest BCUT2D eigenvalue weighted by Crippen LogP contribution is -2.53. The molecule has 3 aliphatic rings. The first-order chi connectivity index (χ1) is 17.7. The summed E-state index contributed by atoms with van der Waals surface area (Å²) in [5.41, 5.74) is -0.150. The van der Waals surface area contributed by atoms with Crippen LogP contribution in [-0.4, -0.2) is 70.3 Å². The van der Waals surface area contributed by atoms with Crippen LogP contribution in [0, 0.1) is 29.4 Å². The molecule has 1 unspecified atom stereocenters. The zero-order valence-electron chi connectivity index (χ0n) is 19.9. The minimum Gasteiger partial charge on any atom is -0.389 e. The molecular formula is C25H27ClF2N4O5. The monoisotopic (exact) mass is 536 g/mol. The van der Waals surface area contributed by atoms with E-state index in [1.807, 2.05) is 0 Å². The molecule has 3 amide bonds. The molecule has 9 nitrogen and oxygen atoms in total. The van der Waals surface area contributed by atoms with Gasteiger partial charge in [0.1, 0.15) is 30.0 Å². The number of carbonyl (C=O) groups excluding carboxylic acids is 4. The summed E-state index contributed by atoms with van der Waals surface area (Å²) >= 11 is 5.98. The minimum atomic E-state index is -1.08. The van der Waals surface area contributed by atoms with Crippen molar-refractivity contribution >= 4 is 46.0 Å². The first kappa shape index (κ1) is 25.6. The molecule has 1 aromatic heterocycles. The lowest BCUT2D eigenvalue weighted by molar-refractivity contribution is -0.133. The maximum atomic E-state index is 14.3. The van der Waals surface area contributed by atoms with Gasteiger partial charge in [0.2, 0.25) is 11.8 Å². The number of amides is 3. The average Bonchev–Trinajstić information content (AvgIpc) is 3.65. The van der Waals surface area contributed by atoms with Crippen LogP contribution in [-0.2, 0) is 14.4 Å². The predicted octanol–water partition coefficient (Wildman–Crippen LogP) is 1.91. The lowest BCUT2D eigenvalue weighted by atomic mass is 9.92. The number of fused-ring (bicyclic) bond motifs is 2. The third-order valence-electron chi connectivity index (χ3n) is 7.95. The molecule has 1 aromatic carbocycles. The first-order valence-corrected chi connectivity index (χ1v) is 12.8. The largest absolute Gasteiger partial charge is 0.389 e. The molecule has 37 heavy (non-hydrogen) atoms. The van der Waals surface area contributed by atoms with Crippen molar-refractivity contribution in [2.75, 3.05) is 19.7 Å². The van der Waals surface area contributed by atoms with Gasteiger partial charge < -0.3 is 25.6 Å². The van der Waals surface area contributed by atoms with E-state index in [1.54, 1.807) is 0 Å². The van der Waals surface area contributed by atoms with E-state index in [2.05, 4.69) is 15.6 Å². The molecule has 3 fully saturated rings. The normalized spacial score (nSPS) is 25.8. The molecule has 3 heterocycles. The highest BCUT2D eigenvalue weighted by Crippen LogP contribution is 2.43. The van der Waals surface area contributed by atoms with Crippen molar-refractivity contribution in [2.45, 2.75) is 44.2 Å². The van der Waals surface area contributed by atoms with E-state index in [-0.39, 0.29) is 45.8 Å². The summed E-state index contributed by atoms with van der Waals surface area (Å²) in [4.78, 5) is 55.7. The van der Waals surface area contributed by atoms with Crippen molar-refractivity contribution in [2.24, 2.45) is 17.8 Å². The van der Waals surface area contributed by atoms with Gasteiger partial charge in [-0.15, -0.1) is 0 Å². The molecule has 5 rings (SSSR count). The maximum Gasteiger partial charge on any atom is 0.271 e. The van der Waals surface area contributed by atoms with Crippen molar-refractivity contribution in [1.29, 1.82) is 0 Å². The Morgan fingerprint density at radius 2 is 1.97 bits per heavy atom. The van der Waals surface area contributed by atoms with E-state index >= 15 is 0 Å². The van der Waals surface area contributed by atoms with Gasteiger partial charge in [-0.3, -0.25) is 19.2 Å². The van der Waals surface area contributed by atoms with Crippen molar-refractivity contribution in [3.63, 3.8) is 0 Å². The van der Waals surface area contributed by atoms with Crippen LogP contribution in [0.25, 0.3) is 10.9 Å². The number of benzene rings is 1. The summed E-state index contributed by atoms with van der Waals surface area (Å²) in [5, 5.41) is 14.5. The van der Waals surface area contributed by atoms with Gasteiger partial charge in [-0.1, -0.05) is 18.0 Å². The summed E-state index contributed by atoms with van der Waals surface area (Å²) in [6.45, 7) is -0.0209. The number of likely N-dealkylation sites (tertiary alicyclic amines) is 1. The van der Waals surface area contributed by atoms with E-state index in [4.69, 9.17) is 11.6 Å². The van der Waals surface area contributed by atoms with Crippen LogP contribution in [0.15, 0.2) is 12.1 Å². The third kappa shape index (κ3) is 4.59. The lowest BCUT2D eigenvalue weighted by Gasteiger charge is -2.29. The van der Waals surface area contributed by atoms with E-state index in [0.29, 0.717) is 32.0 Å². The van der Waals surface area contributed by atoms with Crippen LogP contribution in [0.5, 0.6) is 0 Å². The summed E-state index contributed by atoms with van der Waals surface area (Å²) in [5.74, 6) is -4.30. The molecule has 1 aliphatic carbocycles. The number of nitrogens with one attached hydrogen (secondary N) is 3. The van der Waals surface area contributed by atoms with Crippen molar-refractivity contribution in [1.82, 2.24) is 20.5 Å². The Hall–Kier alpha value is -3.05. The molecule has 12 heteroatoms. The van der Waals surface area contributed by atoms with Crippen LogP contribution in [0.4, 0.5) is 8.78 Å². The van der Waals surface area contributed by atoms with Crippen LogP contribution in [0.3, 0.4) is 0 Å². The number of ketones is 1. The molecule has 0 spiro atoms. The molecule has 0 radical (unpaired) electrons. The number of aliphatic hydroxyl groups is 1. The van der Waals surface area contributed by atoms with Gasteiger partial charge >= 0.3 is 0 Å². The molecule has 2 aromatic rings. The molecular weight excluding hydrogens is 510 g/mol. The number of hydrogen-bond acceptors (Lipinski definition) is 5. The topological polar surface area (TPSA) is 132 Å². The van der Waals surface area contributed by atoms with Crippen LogP contribution in [0.1, 0.15) is 42.6 Å². The highest BCUT2D eigenvalue weighted by atomic mass is 35.5. The quantitative estimate of drug-likeness (QED) is 0.401. The van der Waals surface area contributed by atoms with Gasteiger partial charge in [0.15, 0.2) is 5.78 Å². The van der Waals surface area contributed by atoms with Crippen molar-refractivity contribution in [3.05, 3.63) is 34.5 Å². The Morgan fingerprint density at radius 1 is 1.19 bits per heavy atom. The van der Waals surface area contributed by atoms with E-state index in [1.165, 1.54) is 11.0 Å². The Labute approximate surface area is 215 Å². The van der Waals surface area contributed by atoms with Gasteiger partial charge in [0.25, 0.3) is 5.91 Å². The predicted molar refractivity (Wildman–Crippen MR) is 129 cm³/mol. The number of aromatic nitrogens is 1. The molecule has 198 valence electrons. The Morgan fingerprint density at radius 3 is 2.68 bits per heavy atom. The number of aliphatic hydroxyl groups excluding tert-OH is 1. The number of Topliss-reactive ketones (excluding diaryl/α,β-unsaturated/α-hetero) is 1. The number of aromatic amines is 1. The summed E-state index contributed by atoms with van der Waals surface area (Å²) in [6.07, 6.45) is 3.01. The van der Waals surface area contributed by atoms with Gasteiger partial charge in [-0.25, -0.2) is 8.78 Å². The second-order valence-electron chi connectivity index (χ2n) is 10.1. The smallest absolute Gasteiger partial charge is 0.271 e. The highest BCUT2D eigenvalue weighted by molar-refractivity contribution is 6.35. The van der Waals surface area contributed by atoms with Crippen LogP contribution < -0.4 is 10.6 Å². The first-order valence-electron chi connectivity index (χ1n) is 12.4. The second-order valence-corrected chi connectivity index (χ2v) is 10.5.